The molecule has 0 aromatic carbocycles. The van der Waals surface area contributed by atoms with Gasteiger partial charge in [-0.3, -0.25) is 0 Å². The highest BCUT2D eigenvalue weighted by Gasteiger charge is 2.61. The maximum atomic E-state index is 12.9. The summed E-state index contributed by atoms with van der Waals surface area (Å²) in [6.45, 7) is 1.58. The molecule has 4 aliphatic carbocycles. The molecule has 3 atom stereocenters. The molecule has 2 amide bonds. The molecule has 4 bridgehead atoms. The molecule has 0 aromatic rings. The van der Waals surface area contributed by atoms with Crippen LogP contribution < -0.4 is 0 Å². The predicted octanol–water partition coefficient (Wildman–Crippen LogP) is 1.19. The van der Waals surface area contributed by atoms with Crippen LogP contribution in [0, 0.1) is 17.8 Å². The summed E-state index contributed by atoms with van der Waals surface area (Å²) in [4.78, 5) is 17.0. The van der Waals surface area contributed by atoms with E-state index >= 15 is 0 Å². The van der Waals surface area contributed by atoms with Crippen molar-refractivity contribution in [2.24, 2.45) is 17.8 Å². The number of aliphatic hydroxyl groups excluding tert-OH is 1. The molecular formula is C17H26N2O3. The van der Waals surface area contributed by atoms with Crippen LogP contribution in [0.1, 0.15) is 44.9 Å². The monoisotopic (exact) mass is 306 g/mol. The number of carbonyl (C=O) groups is 1. The Morgan fingerprint density at radius 3 is 2.50 bits per heavy atom. The molecule has 6 aliphatic rings. The van der Waals surface area contributed by atoms with Crippen LogP contribution in [0.5, 0.6) is 0 Å². The van der Waals surface area contributed by atoms with Crippen molar-refractivity contribution in [3.8, 4) is 0 Å². The lowest BCUT2D eigenvalue weighted by Crippen LogP contribution is -2.62. The second-order valence-corrected chi connectivity index (χ2v) is 8.73. The number of carbonyl (C=O) groups excluding carboxylic acids is 1. The second-order valence-electron chi connectivity index (χ2n) is 8.73. The third-order valence-corrected chi connectivity index (χ3v) is 7.38. The first-order chi connectivity index (χ1) is 10.5. The lowest BCUT2D eigenvalue weighted by Gasteiger charge is -2.59. The molecule has 2 N–H and O–H groups in total. The van der Waals surface area contributed by atoms with Gasteiger partial charge in [-0.25, -0.2) is 4.79 Å². The SMILES string of the molecule is O=C1N(C2C3CC4CC2CC(O)(C4)C3)C[C@]2(CO)CCCN12. The molecule has 0 radical (unpaired) electrons. The second kappa shape index (κ2) is 4.18. The molecule has 122 valence electrons. The van der Waals surface area contributed by atoms with E-state index in [0.717, 1.165) is 38.6 Å². The summed E-state index contributed by atoms with van der Waals surface area (Å²) in [7, 11) is 0. The average molecular weight is 306 g/mol. The molecule has 2 unspecified atom stereocenters. The van der Waals surface area contributed by atoms with Gasteiger partial charge in [0.2, 0.25) is 0 Å². The topological polar surface area (TPSA) is 64.0 Å². The van der Waals surface area contributed by atoms with Crippen molar-refractivity contribution >= 4 is 6.03 Å². The van der Waals surface area contributed by atoms with E-state index in [-0.39, 0.29) is 18.2 Å². The minimum absolute atomic E-state index is 0.0872. The molecule has 5 nitrogen and oxygen atoms in total. The lowest BCUT2D eigenvalue weighted by atomic mass is 9.52. The van der Waals surface area contributed by atoms with Crippen molar-refractivity contribution in [1.82, 2.24) is 9.80 Å². The predicted molar refractivity (Wildman–Crippen MR) is 80.2 cm³/mol. The van der Waals surface area contributed by atoms with E-state index in [4.69, 9.17) is 0 Å². The summed E-state index contributed by atoms with van der Waals surface area (Å²) < 4.78 is 0. The number of aliphatic hydroxyl groups is 2. The number of amides is 2. The third kappa shape index (κ3) is 1.59. The van der Waals surface area contributed by atoms with Crippen LogP contribution in [0.3, 0.4) is 0 Å². The first-order valence-corrected chi connectivity index (χ1v) is 8.95. The summed E-state index contributed by atoms with van der Waals surface area (Å²) in [5.41, 5.74) is -0.761. The van der Waals surface area contributed by atoms with Crippen LogP contribution in [-0.2, 0) is 0 Å². The Morgan fingerprint density at radius 2 is 1.91 bits per heavy atom. The average Bonchev–Trinajstić information content (AvgIpc) is 2.97. The molecule has 6 rings (SSSR count). The molecule has 4 saturated carbocycles. The fourth-order valence-corrected chi connectivity index (χ4v) is 6.85. The van der Waals surface area contributed by atoms with Crippen LogP contribution >= 0.6 is 0 Å². The standard InChI is InChI=1S/C17H26N2O3/c20-10-16-2-1-3-19(16)15(21)18(9-16)14-12-4-11-5-13(14)8-17(22,6-11)7-12/h11-14,20,22H,1-10H2/t11?,12?,13?,14?,16-,17?/m0/s1. The van der Waals surface area contributed by atoms with Crippen molar-refractivity contribution in [2.45, 2.75) is 62.1 Å². The molecular weight excluding hydrogens is 280 g/mol. The van der Waals surface area contributed by atoms with Crippen molar-refractivity contribution in [2.75, 3.05) is 19.7 Å². The highest BCUT2D eigenvalue weighted by molar-refractivity contribution is 5.79. The molecule has 22 heavy (non-hydrogen) atoms. The fourth-order valence-electron chi connectivity index (χ4n) is 6.85. The molecule has 0 spiro atoms. The van der Waals surface area contributed by atoms with E-state index in [1.165, 1.54) is 12.8 Å². The van der Waals surface area contributed by atoms with Gasteiger partial charge in [-0.05, 0) is 62.7 Å². The van der Waals surface area contributed by atoms with Gasteiger partial charge in [0, 0.05) is 19.1 Å². The van der Waals surface area contributed by atoms with Gasteiger partial charge in [0.05, 0.1) is 17.7 Å². The van der Waals surface area contributed by atoms with Crippen LogP contribution in [0.2, 0.25) is 0 Å². The van der Waals surface area contributed by atoms with E-state index in [0.29, 0.717) is 30.3 Å². The summed E-state index contributed by atoms with van der Waals surface area (Å²) in [5.74, 6) is 1.61. The van der Waals surface area contributed by atoms with Gasteiger partial charge in [-0.2, -0.15) is 0 Å². The number of rotatable bonds is 2. The van der Waals surface area contributed by atoms with E-state index < -0.39 is 5.60 Å². The smallest absolute Gasteiger partial charge is 0.320 e. The fraction of sp³-hybridized carbons (Fsp3) is 0.941. The number of hydrogen-bond acceptors (Lipinski definition) is 3. The zero-order chi connectivity index (χ0) is 15.1. The summed E-state index contributed by atoms with van der Waals surface area (Å²) in [6, 6.07) is 0.453. The number of urea groups is 1. The van der Waals surface area contributed by atoms with Crippen molar-refractivity contribution < 1.29 is 15.0 Å². The van der Waals surface area contributed by atoms with Gasteiger partial charge < -0.3 is 20.0 Å². The number of hydrogen-bond donors (Lipinski definition) is 2. The van der Waals surface area contributed by atoms with Crippen molar-refractivity contribution in [1.29, 1.82) is 0 Å². The molecule has 2 heterocycles. The Morgan fingerprint density at radius 1 is 1.18 bits per heavy atom. The van der Waals surface area contributed by atoms with Gasteiger partial charge in [0.1, 0.15) is 0 Å². The first kappa shape index (κ1) is 13.6. The Hall–Kier alpha value is -0.810. The largest absolute Gasteiger partial charge is 0.394 e. The Balaban J connectivity index is 1.45. The minimum atomic E-state index is -0.444. The molecule has 6 fully saturated rings. The van der Waals surface area contributed by atoms with Gasteiger partial charge >= 0.3 is 6.03 Å². The lowest BCUT2D eigenvalue weighted by molar-refractivity contribution is -0.153. The van der Waals surface area contributed by atoms with E-state index in [2.05, 4.69) is 4.90 Å². The Kier molecular flexibility index (Phi) is 2.58. The van der Waals surface area contributed by atoms with E-state index in [1.54, 1.807) is 0 Å². The molecule has 0 aromatic heterocycles. The van der Waals surface area contributed by atoms with Gasteiger partial charge in [-0.15, -0.1) is 0 Å². The molecule has 2 saturated heterocycles. The molecule has 2 aliphatic heterocycles. The zero-order valence-electron chi connectivity index (χ0n) is 13.1. The van der Waals surface area contributed by atoms with Crippen LogP contribution in [0.25, 0.3) is 0 Å². The quantitative estimate of drug-likeness (QED) is 0.805. The van der Waals surface area contributed by atoms with Gasteiger partial charge in [-0.1, -0.05) is 0 Å². The van der Waals surface area contributed by atoms with Gasteiger partial charge in [0.25, 0.3) is 0 Å². The van der Waals surface area contributed by atoms with Crippen molar-refractivity contribution in [3.63, 3.8) is 0 Å². The van der Waals surface area contributed by atoms with Crippen LogP contribution in [-0.4, -0.2) is 62.9 Å². The van der Waals surface area contributed by atoms with E-state index in [9.17, 15) is 15.0 Å². The Labute approximate surface area is 131 Å². The number of fused-ring (bicyclic) bond motifs is 1. The van der Waals surface area contributed by atoms with Crippen LogP contribution in [0.4, 0.5) is 4.79 Å². The number of nitrogens with zero attached hydrogens (tertiary/aromatic N) is 2. The minimum Gasteiger partial charge on any atom is -0.394 e. The van der Waals surface area contributed by atoms with Crippen LogP contribution in [0.15, 0.2) is 0 Å². The van der Waals surface area contributed by atoms with Crippen molar-refractivity contribution in [3.05, 3.63) is 0 Å². The zero-order valence-corrected chi connectivity index (χ0v) is 13.1. The summed E-state index contributed by atoms with van der Waals surface area (Å²) >= 11 is 0. The van der Waals surface area contributed by atoms with E-state index in [1.807, 2.05) is 4.90 Å². The Bertz CT molecular complexity index is 508. The highest BCUT2D eigenvalue weighted by Crippen LogP contribution is 2.58. The maximum absolute atomic E-state index is 12.9. The molecule has 5 heteroatoms. The summed E-state index contributed by atoms with van der Waals surface area (Å²) in [5, 5.41) is 20.6. The maximum Gasteiger partial charge on any atom is 0.320 e. The summed E-state index contributed by atoms with van der Waals surface area (Å²) in [6.07, 6.45) is 7.03. The highest BCUT2D eigenvalue weighted by atomic mass is 16.3. The third-order valence-electron chi connectivity index (χ3n) is 7.38. The first-order valence-electron chi connectivity index (χ1n) is 8.95. The normalized spacial score (nSPS) is 52.7. The van der Waals surface area contributed by atoms with Gasteiger partial charge in [0.15, 0.2) is 0 Å².